The predicted molar refractivity (Wildman–Crippen MR) is 103 cm³/mol. The SMILES string of the molecule is CCCC/C=C/C=C\C=C\CCCCCCCC(=O)OC[C@H](O)CO. The van der Waals surface area contributed by atoms with Crippen molar-refractivity contribution in [3.05, 3.63) is 36.5 Å². The van der Waals surface area contributed by atoms with E-state index in [1.165, 1.54) is 25.7 Å². The zero-order valence-corrected chi connectivity index (χ0v) is 15.7. The summed E-state index contributed by atoms with van der Waals surface area (Å²) in [5, 5.41) is 17.7. The highest BCUT2D eigenvalue weighted by molar-refractivity contribution is 5.69. The van der Waals surface area contributed by atoms with Gasteiger partial charge in [-0.15, -0.1) is 0 Å². The molecule has 0 aromatic carbocycles. The first kappa shape index (κ1) is 23.6. The van der Waals surface area contributed by atoms with Crippen molar-refractivity contribution in [1.82, 2.24) is 0 Å². The maximum Gasteiger partial charge on any atom is 0.305 e. The Labute approximate surface area is 153 Å². The molecule has 0 heterocycles. The summed E-state index contributed by atoms with van der Waals surface area (Å²) in [5.41, 5.74) is 0. The third-order valence-electron chi connectivity index (χ3n) is 3.73. The molecule has 25 heavy (non-hydrogen) atoms. The first-order chi connectivity index (χ1) is 12.2. The Morgan fingerprint density at radius 3 is 2.16 bits per heavy atom. The van der Waals surface area contributed by atoms with Crippen molar-refractivity contribution in [2.45, 2.75) is 77.2 Å². The van der Waals surface area contributed by atoms with Gasteiger partial charge in [0.2, 0.25) is 0 Å². The predicted octanol–water partition coefficient (Wildman–Crippen LogP) is 4.47. The van der Waals surface area contributed by atoms with Crippen LogP contribution in [-0.2, 0) is 9.53 Å². The van der Waals surface area contributed by atoms with Gasteiger partial charge in [0.1, 0.15) is 12.7 Å². The molecule has 0 aliphatic carbocycles. The highest BCUT2D eigenvalue weighted by Crippen LogP contribution is 2.08. The van der Waals surface area contributed by atoms with Gasteiger partial charge >= 0.3 is 5.97 Å². The maximum atomic E-state index is 11.4. The summed E-state index contributed by atoms with van der Waals surface area (Å²) in [7, 11) is 0. The zero-order valence-electron chi connectivity index (χ0n) is 15.7. The van der Waals surface area contributed by atoms with E-state index in [0.29, 0.717) is 6.42 Å². The third kappa shape index (κ3) is 18.8. The van der Waals surface area contributed by atoms with Gasteiger partial charge < -0.3 is 14.9 Å². The second kappa shape index (κ2) is 18.9. The fourth-order valence-corrected chi connectivity index (χ4v) is 2.18. The molecule has 0 radical (unpaired) electrons. The molecule has 2 N–H and O–H groups in total. The lowest BCUT2D eigenvalue weighted by molar-refractivity contribution is -0.147. The lowest BCUT2D eigenvalue weighted by Gasteiger charge is -2.08. The minimum Gasteiger partial charge on any atom is -0.463 e. The van der Waals surface area contributed by atoms with Crippen LogP contribution >= 0.6 is 0 Å². The second-order valence-electron chi connectivity index (χ2n) is 6.21. The standard InChI is InChI=1S/C21H36O4/c1-2-3-4-5-6-7-8-9-10-11-12-13-14-15-16-17-21(24)25-19-20(23)18-22/h5-10,20,22-23H,2-4,11-19H2,1H3/b6-5+,8-7-,10-9+/t20-/m1/s1. The van der Waals surface area contributed by atoms with Crippen LogP contribution in [-0.4, -0.2) is 35.5 Å². The van der Waals surface area contributed by atoms with Crippen LogP contribution in [0.15, 0.2) is 36.5 Å². The largest absolute Gasteiger partial charge is 0.463 e. The Bertz CT molecular complexity index is 385. The molecular formula is C21H36O4. The summed E-state index contributed by atoms with van der Waals surface area (Å²) in [5.74, 6) is -0.300. The van der Waals surface area contributed by atoms with Gasteiger partial charge in [-0.2, -0.15) is 0 Å². The first-order valence-corrected chi connectivity index (χ1v) is 9.63. The van der Waals surface area contributed by atoms with Gasteiger partial charge in [0.25, 0.3) is 0 Å². The molecule has 0 saturated carbocycles. The highest BCUT2D eigenvalue weighted by Gasteiger charge is 2.07. The second-order valence-corrected chi connectivity index (χ2v) is 6.21. The fraction of sp³-hybridized carbons (Fsp3) is 0.667. The average Bonchev–Trinajstić information content (AvgIpc) is 2.62. The molecule has 4 nitrogen and oxygen atoms in total. The van der Waals surface area contributed by atoms with E-state index in [1.807, 2.05) is 0 Å². The van der Waals surface area contributed by atoms with E-state index >= 15 is 0 Å². The van der Waals surface area contributed by atoms with Crippen LogP contribution in [0.2, 0.25) is 0 Å². The normalized spacial score (nSPS) is 13.2. The van der Waals surface area contributed by atoms with Crippen molar-refractivity contribution < 1.29 is 19.7 Å². The van der Waals surface area contributed by atoms with E-state index in [4.69, 9.17) is 14.9 Å². The van der Waals surface area contributed by atoms with Gasteiger partial charge in [-0.05, 0) is 25.7 Å². The molecule has 0 fully saturated rings. The van der Waals surface area contributed by atoms with E-state index < -0.39 is 6.10 Å². The molecule has 0 aromatic heterocycles. The number of ether oxygens (including phenoxy) is 1. The number of hydrogen-bond donors (Lipinski definition) is 2. The minimum atomic E-state index is -0.969. The molecule has 0 bridgehead atoms. The van der Waals surface area contributed by atoms with Gasteiger partial charge in [0.05, 0.1) is 6.61 Å². The van der Waals surface area contributed by atoms with Crippen LogP contribution in [0.1, 0.15) is 71.1 Å². The molecule has 144 valence electrons. The van der Waals surface area contributed by atoms with E-state index in [2.05, 4.69) is 43.4 Å². The molecule has 0 saturated heterocycles. The summed E-state index contributed by atoms with van der Waals surface area (Å²) in [4.78, 5) is 11.4. The van der Waals surface area contributed by atoms with Crippen molar-refractivity contribution in [2.75, 3.05) is 13.2 Å². The Balaban J connectivity index is 3.38. The molecule has 1 atom stereocenters. The summed E-state index contributed by atoms with van der Waals surface area (Å²) in [6.07, 6.45) is 22.2. The molecule has 4 heteroatoms. The number of rotatable bonds is 16. The summed E-state index contributed by atoms with van der Waals surface area (Å²) >= 11 is 0. The molecule has 0 aromatic rings. The number of aliphatic hydroxyl groups excluding tert-OH is 2. The van der Waals surface area contributed by atoms with E-state index in [-0.39, 0.29) is 19.2 Å². The molecule has 0 rings (SSSR count). The van der Waals surface area contributed by atoms with Gasteiger partial charge in [0.15, 0.2) is 0 Å². The summed E-state index contributed by atoms with van der Waals surface area (Å²) in [6, 6.07) is 0. The topological polar surface area (TPSA) is 66.8 Å². The molecule has 0 spiro atoms. The Morgan fingerprint density at radius 2 is 1.52 bits per heavy atom. The smallest absolute Gasteiger partial charge is 0.305 e. The molecule has 0 amide bonds. The van der Waals surface area contributed by atoms with Crippen LogP contribution in [0.5, 0.6) is 0 Å². The monoisotopic (exact) mass is 352 g/mol. The summed E-state index contributed by atoms with van der Waals surface area (Å²) in [6.45, 7) is 1.70. The van der Waals surface area contributed by atoms with Crippen LogP contribution in [0.4, 0.5) is 0 Å². The quantitative estimate of drug-likeness (QED) is 0.244. The Hall–Kier alpha value is -1.39. The Kier molecular flexibility index (Phi) is 17.9. The molecule has 0 aliphatic rings. The van der Waals surface area contributed by atoms with Crippen molar-refractivity contribution in [3.8, 4) is 0 Å². The summed E-state index contributed by atoms with van der Waals surface area (Å²) < 4.78 is 4.84. The lowest BCUT2D eigenvalue weighted by atomic mass is 10.1. The average molecular weight is 353 g/mol. The van der Waals surface area contributed by atoms with E-state index in [0.717, 1.165) is 32.1 Å². The van der Waals surface area contributed by atoms with Crippen molar-refractivity contribution in [3.63, 3.8) is 0 Å². The van der Waals surface area contributed by atoms with E-state index in [1.54, 1.807) is 0 Å². The molecular weight excluding hydrogens is 316 g/mol. The minimum absolute atomic E-state index is 0.120. The fourth-order valence-electron chi connectivity index (χ4n) is 2.18. The molecule has 0 aliphatic heterocycles. The number of unbranched alkanes of at least 4 members (excludes halogenated alkanes) is 7. The number of esters is 1. The first-order valence-electron chi connectivity index (χ1n) is 9.63. The van der Waals surface area contributed by atoms with Crippen LogP contribution < -0.4 is 0 Å². The third-order valence-corrected chi connectivity index (χ3v) is 3.73. The molecule has 0 unspecified atom stereocenters. The van der Waals surface area contributed by atoms with E-state index in [9.17, 15) is 4.79 Å². The number of aliphatic hydroxyl groups is 2. The van der Waals surface area contributed by atoms with Crippen LogP contribution in [0.3, 0.4) is 0 Å². The van der Waals surface area contributed by atoms with Crippen molar-refractivity contribution in [2.24, 2.45) is 0 Å². The van der Waals surface area contributed by atoms with Gasteiger partial charge in [-0.1, -0.05) is 75.5 Å². The van der Waals surface area contributed by atoms with Gasteiger partial charge in [-0.25, -0.2) is 0 Å². The number of carbonyl (C=O) groups is 1. The highest BCUT2D eigenvalue weighted by atomic mass is 16.5. The van der Waals surface area contributed by atoms with Crippen molar-refractivity contribution >= 4 is 5.97 Å². The van der Waals surface area contributed by atoms with Crippen LogP contribution in [0.25, 0.3) is 0 Å². The van der Waals surface area contributed by atoms with Crippen molar-refractivity contribution in [1.29, 1.82) is 0 Å². The Morgan fingerprint density at radius 1 is 0.920 bits per heavy atom. The van der Waals surface area contributed by atoms with Gasteiger partial charge in [0, 0.05) is 6.42 Å². The maximum absolute atomic E-state index is 11.4. The van der Waals surface area contributed by atoms with Crippen LogP contribution in [0, 0.1) is 0 Å². The number of carbonyl (C=O) groups excluding carboxylic acids is 1. The number of allylic oxidation sites excluding steroid dienone is 6. The van der Waals surface area contributed by atoms with Gasteiger partial charge in [-0.3, -0.25) is 4.79 Å². The zero-order chi connectivity index (χ0) is 18.6. The number of hydrogen-bond acceptors (Lipinski definition) is 4. The lowest BCUT2D eigenvalue weighted by Crippen LogP contribution is -2.21.